The minimum absolute atomic E-state index is 0.493. The van der Waals surface area contributed by atoms with Gasteiger partial charge in [-0.25, -0.2) is 0 Å². The van der Waals surface area contributed by atoms with Crippen LogP contribution in [0.25, 0.3) is 0 Å². The van der Waals surface area contributed by atoms with Gasteiger partial charge in [-0.15, -0.1) is 0 Å². The standard InChI is InChI=1S/C17H18N2Si/c1-18-12-7-5-9-14-17(12)19-15(18)10-11-6-4-8-13(16(11)19)20(14,2)3/h4-9,15H,10H2,1-3H3. The van der Waals surface area contributed by atoms with Gasteiger partial charge in [0.05, 0.1) is 11.4 Å². The van der Waals surface area contributed by atoms with E-state index in [9.17, 15) is 0 Å². The van der Waals surface area contributed by atoms with Crippen molar-refractivity contribution < 1.29 is 0 Å². The van der Waals surface area contributed by atoms with Gasteiger partial charge in [-0.2, -0.15) is 0 Å². The van der Waals surface area contributed by atoms with Gasteiger partial charge in [-0.3, -0.25) is 0 Å². The van der Waals surface area contributed by atoms with Gasteiger partial charge in [0.1, 0.15) is 14.2 Å². The second-order valence-electron chi connectivity index (χ2n) is 6.78. The van der Waals surface area contributed by atoms with E-state index in [0.717, 1.165) is 6.42 Å². The van der Waals surface area contributed by atoms with Gasteiger partial charge in [-0.1, -0.05) is 43.4 Å². The number of para-hydroxylation sites is 2. The molecule has 20 heavy (non-hydrogen) atoms. The van der Waals surface area contributed by atoms with Gasteiger partial charge >= 0.3 is 0 Å². The Morgan fingerprint density at radius 1 is 1.00 bits per heavy atom. The van der Waals surface area contributed by atoms with Gasteiger partial charge in [0.2, 0.25) is 0 Å². The molecule has 2 nitrogen and oxygen atoms in total. The average molecular weight is 278 g/mol. The van der Waals surface area contributed by atoms with Crippen LogP contribution < -0.4 is 20.2 Å². The molecule has 2 aromatic carbocycles. The smallest absolute Gasteiger partial charge is 0.117 e. The number of likely N-dealkylation sites (N-methyl/N-ethyl adjacent to an activating group) is 1. The SMILES string of the molecule is CN1c2cccc3c2N2c4c(cccc4[Si]3(C)C)CC12. The van der Waals surface area contributed by atoms with Crippen molar-refractivity contribution in [3.8, 4) is 0 Å². The van der Waals surface area contributed by atoms with E-state index in [-0.39, 0.29) is 0 Å². The lowest BCUT2D eigenvalue weighted by Gasteiger charge is -2.38. The topological polar surface area (TPSA) is 6.48 Å². The van der Waals surface area contributed by atoms with E-state index in [2.05, 4.69) is 66.3 Å². The van der Waals surface area contributed by atoms with Gasteiger partial charge in [-0.05, 0) is 22.0 Å². The molecule has 0 bridgehead atoms. The summed E-state index contributed by atoms with van der Waals surface area (Å²) in [4.78, 5) is 5.09. The zero-order chi connectivity index (χ0) is 13.6. The van der Waals surface area contributed by atoms with E-state index in [1.54, 1.807) is 21.6 Å². The first-order chi connectivity index (χ1) is 9.60. The molecule has 0 radical (unpaired) electrons. The van der Waals surface area contributed by atoms with Gasteiger partial charge < -0.3 is 9.80 Å². The number of hydrogen-bond donors (Lipinski definition) is 0. The van der Waals surface area contributed by atoms with Crippen molar-refractivity contribution in [3.63, 3.8) is 0 Å². The molecular weight excluding hydrogens is 260 g/mol. The molecule has 0 amide bonds. The summed E-state index contributed by atoms with van der Waals surface area (Å²) >= 11 is 0. The summed E-state index contributed by atoms with van der Waals surface area (Å²) in [5.41, 5.74) is 6.01. The van der Waals surface area contributed by atoms with Crippen LogP contribution in [0.3, 0.4) is 0 Å². The number of rotatable bonds is 0. The molecule has 0 spiro atoms. The maximum Gasteiger partial charge on any atom is 0.117 e. The van der Waals surface area contributed by atoms with Crippen LogP contribution in [0.1, 0.15) is 5.56 Å². The first kappa shape index (κ1) is 11.0. The molecule has 100 valence electrons. The van der Waals surface area contributed by atoms with E-state index < -0.39 is 8.07 Å². The van der Waals surface area contributed by atoms with Crippen LogP contribution in [0, 0.1) is 0 Å². The Morgan fingerprint density at radius 3 is 2.50 bits per heavy atom. The Bertz CT molecular complexity index is 766. The molecule has 3 heteroatoms. The van der Waals surface area contributed by atoms with Gasteiger partial charge in [0.15, 0.2) is 0 Å². The van der Waals surface area contributed by atoms with Gasteiger partial charge in [0.25, 0.3) is 0 Å². The minimum Gasteiger partial charge on any atom is -0.352 e. The van der Waals surface area contributed by atoms with Crippen LogP contribution >= 0.6 is 0 Å². The largest absolute Gasteiger partial charge is 0.352 e. The van der Waals surface area contributed by atoms with Crippen LogP contribution in [-0.2, 0) is 6.42 Å². The third-order valence-corrected chi connectivity index (χ3v) is 8.99. The van der Waals surface area contributed by atoms with Crippen LogP contribution in [0.15, 0.2) is 36.4 Å². The van der Waals surface area contributed by atoms with E-state index in [1.165, 1.54) is 11.4 Å². The van der Waals surface area contributed by atoms with E-state index in [4.69, 9.17) is 0 Å². The summed E-state index contributed by atoms with van der Waals surface area (Å²) in [6, 6.07) is 13.9. The predicted octanol–water partition coefficient (Wildman–Crippen LogP) is 2.29. The van der Waals surface area contributed by atoms with Gasteiger partial charge in [0, 0.05) is 19.2 Å². The molecule has 3 aliphatic heterocycles. The Balaban J connectivity index is 1.97. The summed E-state index contributed by atoms with van der Waals surface area (Å²) < 4.78 is 0. The molecule has 0 fully saturated rings. The zero-order valence-corrected chi connectivity index (χ0v) is 13.1. The molecule has 1 atom stereocenters. The predicted molar refractivity (Wildman–Crippen MR) is 87.7 cm³/mol. The number of hydrogen-bond acceptors (Lipinski definition) is 2. The third-order valence-electron chi connectivity index (χ3n) is 5.49. The quantitative estimate of drug-likeness (QED) is 0.682. The fourth-order valence-electron chi connectivity index (χ4n) is 4.43. The molecule has 3 heterocycles. The number of benzene rings is 2. The summed E-state index contributed by atoms with van der Waals surface area (Å²) in [6.45, 7) is 5.00. The van der Waals surface area contributed by atoms with Crippen molar-refractivity contribution >= 4 is 35.5 Å². The molecule has 3 aliphatic rings. The zero-order valence-electron chi connectivity index (χ0n) is 12.1. The maximum atomic E-state index is 2.62. The van der Waals surface area contributed by atoms with E-state index in [1.807, 2.05) is 0 Å². The van der Waals surface area contributed by atoms with Crippen molar-refractivity contribution in [1.29, 1.82) is 0 Å². The van der Waals surface area contributed by atoms with Crippen molar-refractivity contribution in [1.82, 2.24) is 0 Å². The van der Waals surface area contributed by atoms with Crippen molar-refractivity contribution in [2.75, 3.05) is 16.8 Å². The summed E-state index contributed by atoms with van der Waals surface area (Å²) in [5, 5.41) is 3.23. The second-order valence-corrected chi connectivity index (χ2v) is 11.1. The van der Waals surface area contributed by atoms with Crippen molar-refractivity contribution in [2.45, 2.75) is 25.7 Å². The molecule has 0 aromatic heterocycles. The maximum absolute atomic E-state index is 2.62. The van der Waals surface area contributed by atoms with E-state index >= 15 is 0 Å². The highest BCUT2D eigenvalue weighted by Gasteiger charge is 2.50. The lowest BCUT2D eigenvalue weighted by atomic mass is 10.1. The van der Waals surface area contributed by atoms with Crippen LogP contribution in [0.4, 0.5) is 17.1 Å². The molecule has 2 aromatic rings. The Kier molecular flexibility index (Phi) is 1.71. The Morgan fingerprint density at radius 2 is 1.70 bits per heavy atom. The molecule has 0 N–H and O–H groups in total. The fraction of sp³-hybridized carbons (Fsp3) is 0.294. The van der Waals surface area contributed by atoms with Crippen molar-refractivity contribution in [2.24, 2.45) is 0 Å². The highest BCUT2D eigenvalue weighted by atomic mass is 28.3. The monoisotopic (exact) mass is 278 g/mol. The van der Waals surface area contributed by atoms with Crippen LogP contribution in [0.5, 0.6) is 0 Å². The molecule has 0 aliphatic carbocycles. The van der Waals surface area contributed by atoms with E-state index in [0.29, 0.717) is 6.17 Å². The minimum atomic E-state index is -1.57. The van der Waals surface area contributed by atoms with Crippen LogP contribution in [-0.4, -0.2) is 21.3 Å². The molecule has 1 unspecified atom stereocenters. The second kappa shape index (κ2) is 3.12. The molecule has 5 rings (SSSR count). The molecule has 0 saturated heterocycles. The number of anilines is 3. The lowest BCUT2D eigenvalue weighted by Crippen LogP contribution is -2.58. The Hall–Kier alpha value is -1.74. The first-order valence-electron chi connectivity index (χ1n) is 7.38. The first-order valence-corrected chi connectivity index (χ1v) is 10.4. The fourth-order valence-corrected chi connectivity index (χ4v) is 7.46. The molecule has 0 saturated carbocycles. The normalized spacial score (nSPS) is 23.2. The third kappa shape index (κ3) is 0.976. The number of nitrogens with zero attached hydrogens (tertiary/aromatic N) is 2. The summed E-state index contributed by atoms with van der Waals surface area (Å²) in [5.74, 6) is 0. The van der Waals surface area contributed by atoms with Crippen LogP contribution in [0.2, 0.25) is 13.1 Å². The lowest BCUT2D eigenvalue weighted by molar-refractivity contribution is 0.704. The Labute approximate surface area is 120 Å². The van der Waals surface area contributed by atoms with Crippen molar-refractivity contribution in [3.05, 3.63) is 42.0 Å². The highest BCUT2D eigenvalue weighted by Crippen LogP contribution is 2.50. The average Bonchev–Trinajstić information content (AvgIpc) is 2.94. The molecular formula is C17H18N2Si. The highest BCUT2D eigenvalue weighted by molar-refractivity contribution is 7.03. The summed E-state index contributed by atoms with van der Waals surface area (Å²) in [7, 11) is 0.681. The summed E-state index contributed by atoms with van der Waals surface area (Å²) in [6.07, 6.45) is 1.64.